The molecule has 0 aromatic heterocycles. The lowest BCUT2D eigenvalue weighted by atomic mass is 10.1. The number of nitrogens with zero attached hydrogens (tertiary/aromatic N) is 1. The first kappa shape index (κ1) is 50.7. The molecule has 0 spiro atoms. The van der Waals surface area contributed by atoms with Gasteiger partial charge in [0.2, 0.25) is 0 Å². The minimum atomic E-state index is -4.37. The molecule has 0 rings (SSSR count). The summed E-state index contributed by atoms with van der Waals surface area (Å²) in [7, 11) is -0.738. The number of likely N-dealkylation sites (N-methyl/N-ethyl adjacent to an activating group) is 1. The number of allylic oxidation sites excluding steroid dienone is 10. The Morgan fingerprint density at radius 1 is 0.604 bits per heavy atom. The second-order valence-corrected chi connectivity index (χ2v) is 15.2. The first-order valence-electron chi connectivity index (χ1n) is 20.6. The Bertz CT molecular complexity index is 1070. The maximum atomic E-state index is 12.6. The van der Waals surface area contributed by atoms with Crippen LogP contribution in [0.1, 0.15) is 155 Å². The molecule has 0 aromatic carbocycles. The first-order valence-corrected chi connectivity index (χ1v) is 22.1. The minimum Gasteiger partial charge on any atom is -0.462 e. The van der Waals surface area contributed by atoms with Gasteiger partial charge in [-0.25, -0.2) is 4.57 Å². The topological polar surface area (TPSA) is 112 Å². The van der Waals surface area contributed by atoms with Crippen LogP contribution in [-0.2, 0) is 32.7 Å². The Labute approximate surface area is 323 Å². The molecule has 0 saturated heterocycles. The molecule has 0 fully saturated rings. The molecular weight excluding hydrogens is 689 g/mol. The van der Waals surface area contributed by atoms with Gasteiger partial charge in [-0.3, -0.25) is 18.6 Å². The molecule has 0 heterocycles. The summed E-state index contributed by atoms with van der Waals surface area (Å²) in [5.41, 5.74) is 0. The predicted octanol–water partition coefficient (Wildman–Crippen LogP) is 11.5. The molecule has 1 N–H and O–H groups in total. The molecule has 0 aromatic rings. The highest BCUT2D eigenvalue weighted by Crippen LogP contribution is 2.43. The van der Waals surface area contributed by atoms with Gasteiger partial charge in [-0.05, 0) is 91.1 Å². The normalized spacial score (nSPS) is 14.1. The molecule has 0 bridgehead atoms. The van der Waals surface area contributed by atoms with Crippen LogP contribution in [0.2, 0.25) is 0 Å². The molecule has 0 saturated carbocycles. The molecule has 10 heteroatoms. The maximum absolute atomic E-state index is 12.6. The molecule has 0 aliphatic heterocycles. The van der Waals surface area contributed by atoms with Crippen molar-refractivity contribution in [3.05, 3.63) is 60.8 Å². The summed E-state index contributed by atoms with van der Waals surface area (Å²) < 4.78 is 33.4. The van der Waals surface area contributed by atoms with Crippen molar-refractivity contribution >= 4 is 19.8 Å². The Morgan fingerprint density at radius 2 is 1.08 bits per heavy atom. The van der Waals surface area contributed by atoms with Gasteiger partial charge in [0.05, 0.1) is 13.2 Å². The van der Waals surface area contributed by atoms with E-state index < -0.39 is 32.5 Å². The van der Waals surface area contributed by atoms with Gasteiger partial charge in [0, 0.05) is 19.4 Å². The van der Waals surface area contributed by atoms with E-state index in [-0.39, 0.29) is 26.1 Å². The molecule has 0 radical (unpaired) electrons. The van der Waals surface area contributed by atoms with Crippen LogP contribution in [0.3, 0.4) is 0 Å². The van der Waals surface area contributed by atoms with Crippen LogP contribution in [-0.4, -0.2) is 68.3 Å². The standard InChI is InChI=1S/C43H76NO8P/c1-5-7-9-11-13-15-17-19-21-23-25-27-29-31-33-35-42(45)49-39-41(40-51-53(47,48)50-38-37-44(3)4)52-43(46)36-34-32-30-28-26-24-22-20-18-16-14-12-10-8-6-2/h7,9,13,15-16,18-19,21,25,27,41H,5-6,8,10-12,14,17,20,22-24,26,28-40H2,1-4H3,(H,47,48)/b9-7-,15-13-,18-16-,21-19-,27-25-. The zero-order valence-electron chi connectivity index (χ0n) is 33.9. The van der Waals surface area contributed by atoms with Crippen LogP contribution in [0.4, 0.5) is 0 Å². The number of carbonyl (C=O) groups excluding carboxylic acids is 2. The van der Waals surface area contributed by atoms with Crippen LogP contribution in [0.25, 0.3) is 0 Å². The van der Waals surface area contributed by atoms with Crippen molar-refractivity contribution < 1.29 is 37.6 Å². The number of rotatable bonds is 37. The fraction of sp³-hybridized carbons (Fsp3) is 0.721. The van der Waals surface area contributed by atoms with E-state index in [0.29, 0.717) is 19.4 Å². The van der Waals surface area contributed by atoms with Gasteiger partial charge in [0.1, 0.15) is 6.61 Å². The first-order chi connectivity index (χ1) is 25.7. The van der Waals surface area contributed by atoms with Crippen molar-refractivity contribution in [1.29, 1.82) is 0 Å². The van der Waals surface area contributed by atoms with Gasteiger partial charge in [-0.1, -0.05) is 126 Å². The summed E-state index contributed by atoms with van der Waals surface area (Å²) in [5, 5.41) is 0. The fourth-order valence-corrected chi connectivity index (χ4v) is 5.88. The van der Waals surface area contributed by atoms with Crippen molar-refractivity contribution in [1.82, 2.24) is 4.90 Å². The van der Waals surface area contributed by atoms with E-state index in [2.05, 4.69) is 74.6 Å². The number of hydrogen-bond donors (Lipinski definition) is 1. The van der Waals surface area contributed by atoms with Gasteiger partial charge < -0.3 is 19.3 Å². The third-order valence-corrected chi connectivity index (χ3v) is 9.29. The van der Waals surface area contributed by atoms with Crippen LogP contribution < -0.4 is 0 Å². The zero-order valence-corrected chi connectivity index (χ0v) is 34.8. The van der Waals surface area contributed by atoms with Gasteiger partial charge >= 0.3 is 19.8 Å². The van der Waals surface area contributed by atoms with Crippen LogP contribution in [0.15, 0.2) is 60.8 Å². The number of phosphoric acid groups is 1. The highest BCUT2D eigenvalue weighted by atomic mass is 31.2. The van der Waals surface area contributed by atoms with Crippen LogP contribution >= 0.6 is 7.82 Å². The minimum absolute atomic E-state index is 0.00261. The van der Waals surface area contributed by atoms with E-state index in [1.54, 1.807) is 0 Å². The number of ether oxygens (including phenoxy) is 2. The summed E-state index contributed by atoms with van der Waals surface area (Å²) in [6.07, 6.45) is 42.7. The van der Waals surface area contributed by atoms with Crippen molar-refractivity contribution in [3.8, 4) is 0 Å². The molecule has 2 unspecified atom stereocenters. The molecule has 9 nitrogen and oxygen atoms in total. The molecule has 53 heavy (non-hydrogen) atoms. The summed E-state index contributed by atoms with van der Waals surface area (Å²) in [6, 6.07) is 0. The Kier molecular flexibility index (Phi) is 36.4. The highest BCUT2D eigenvalue weighted by molar-refractivity contribution is 7.47. The lowest BCUT2D eigenvalue weighted by Gasteiger charge is -2.20. The van der Waals surface area contributed by atoms with E-state index in [1.807, 2.05) is 19.0 Å². The predicted molar refractivity (Wildman–Crippen MR) is 220 cm³/mol. The number of unbranched alkanes of at least 4 members (excludes halogenated alkanes) is 13. The number of carbonyl (C=O) groups is 2. The van der Waals surface area contributed by atoms with Crippen molar-refractivity contribution in [3.63, 3.8) is 0 Å². The van der Waals surface area contributed by atoms with Crippen molar-refractivity contribution in [2.24, 2.45) is 0 Å². The molecule has 0 amide bonds. The summed E-state index contributed by atoms with van der Waals surface area (Å²) in [4.78, 5) is 36.9. The number of esters is 2. The lowest BCUT2D eigenvalue weighted by Crippen LogP contribution is -2.29. The van der Waals surface area contributed by atoms with Gasteiger partial charge in [0.25, 0.3) is 0 Å². The van der Waals surface area contributed by atoms with Crippen molar-refractivity contribution in [2.75, 3.05) is 40.5 Å². The Hall–Kier alpha value is -2.29. The van der Waals surface area contributed by atoms with E-state index in [1.165, 1.54) is 51.4 Å². The lowest BCUT2D eigenvalue weighted by molar-refractivity contribution is -0.161. The van der Waals surface area contributed by atoms with E-state index in [9.17, 15) is 19.0 Å². The van der Waals surface area contributed by atoms with E-state index in [4.69, 9.17) is 18.5 Å². The third-order valence-electron chi connectivity index (χ3n) is 8.31. The maximum Gasteiger partial charge on any atom is 0.472 e. The fourth-order valence-electron chi connectivity index (χ4n) is 5.14. The summed E-state index contributed by atoms with van der Waals surface area (Å²) in [6.45, 7) is 4.12. The van der Waals surface area contributed by atoms with Gasteiger partial charge in [0.15, 0.2) is 6.10 Å². The largest absolute Gasteiger partial charge is 0.472 e. The SMILES string of the molecule is CC/C=C\C/C=C\C/C=C\C/C=C\CCCCC(=O)OCC(COP(=O)(O)OCCN(C)C)OC(=O)CCCCCCCCC/C=C\CCCCCC. The second kappa shape index (κ2) is 38.0. The molecule has 0 aliphatic rings. The van der Waals surface area contributed by atoms with Crippen LogP contribution in [0.5, 0.6) is 0 Å². The molecule has 306 valence electrons. The smallest absolute Gasteiger partial charge is 0.462 e. The second-order valence-electron chi connectivity index (χ2n) is 13.8. The van der Waals surface area contributed by atoms with Gasteiger partial charge in [-0.15, -0.1) is 0 Å². The Morgan fingerprint density at radius 3 is 1.66 bits per heavy atom. The zero-order chi connectivity index (χ0) is 39.1. The molecule has 2 atom stereocenters. The Balaban J connectivity index is 4.41. The van der Waals surface area contributed by atoms with Crippen molar-refractivity contribution in [2.45, 2.75) is 161 Å². The van der Waals surface area contributed by atoms with E-state index in [0.717, 1.165) is 64.2 Å². The van der Waals surface area contributed by atoms with E-state index >= 15 is 0 Å². The number of phosphoric ester groups is 1. The average molecular weight is 766 g/mol. The highest BCUT2D eigenvalue weighted by Gasteiger charge is 2.26. The summed E-state index contributed by atoms with van der Waals surface area (Å²) >= 11 is 0. The molecule has 0 aliphatic carbocycles. The summed E-state index contributed by atoms with van der Waals surface area (Å²) in [5.74, 6) is -0.862. The average Bonchev–Trinajstić information content (AvgIpc) is 3.12. The monoisotopic (exact) mass is 766 g/mol. The third kappa shape index (κ3) is 39.2. The number of hydrogen-bond acceptors (Lipinski definition) is 8. The quantitative estimate of drug-likeness (QED) is 0.0286. The van der Waals surface area contributed by atoms with Gasteiger partial charge in [-0.2, -0.15) is 0 Å². The molecular formula is C43H76NO8P. The van der Waals surface area contributed by atoms with Crippen LogP contribution in [0, 0.1) is 0 Å².